The van der Waals surface area contributed by atoms with Crippen molar-refractivity contribution in [2.24, 2.45) is 5.92 Å². The van der Waals surface area contributed by atoms with E-state index >= 15 is 0 Å². The molecule has 0 aromatic carbocycles. The van der Waals surface area contributed by atoms with Crippen molar-refractivity contribution in [3.05, 3.63) is 0 Å². The Morgan fingerprint density at radius 1 is 1.19 bits per heavy atom. The molecule has 0 aromatic rings. The third-order valence-electron chi connectivity index (χ3n) is 4.77. The fourth-order valence-electron chi connectivity index (χ4n) is 3.40. The average molecular weight is 296 g/mol. The van der Waals surface area contributed by atoms with E-state index in [0.29, 0.717) is 12.5 Å². The maximum absolute atomic E-state index is 12.7. The van der Waals surface area contributed by atoms with Gasteiger partial charge in [0.2, 0.25) is 5.91 Å². The van der Waals surface area contributed by atoms with E-state index < -0.39 is 0 Å². The zero-order valence-electron chi connectivity index (χ0n) is 13.9. The molecule has 0 radical (unpaired) electrons. The summed E-state index contributed by atoms with van der Waals surface area (Å²) in [5.74, 6) is 0.393. The third-order valence-corrected chi connectivity index (χ3v) is 4.77. The van der Waals surface area contributed by atoms with E-state index in [1.54, 1.807) is 0 Å². The summed E-state index contributed by atoms with van der Waals surface area (Å²) >= 11 is 0. The molecular formula is C17H32N2O2. The number of hydrogen-bond acceptors (Lipinski definition) is 3. The molecule has 2 heterocycles. The maximum Gasteiger partial charge on any atom is 0.228 e. The van der Waals surface area contributed by atoms with Crippen LogP contribution < -0.4 is 0 Å². The van der Waals surface area contributed by atoms with Crippen LogP contribution in [-0.4, -0.2) is 61.1 Å². The average Bonchev–Trinajstić information content (AvgIpc) is 2.76. The minimum atomic E-state index is 0.0882. The lowest BCUT2D eigenvalue weighted by Crippen LogP contribution is -2.46. The van der Waals surface area contributed by atoms with Gasteiger partial charge in [0.1, 0.15) is 0 Å². The molecule has 2 aliphatic rings. The molecule has 122 valence electrons. The Morgan fingerprint density at radius 2 is 1.90 bits per heavy atom. The van der Waals surface area contributed by atoms with Gasteiger partial charge in [-0.3, -0.25) is 4.79 Å². The summed E-state index contributed by atoms with van der Waals surface area (Å²) in [5.41, 5.74) is 0. The number of ether oxygens (including phenoxy) is 1. The van der Waals surface area contributed by atoms with Crippen LogP contribution in [0, 0.1) is 5.92 Å². The number of rotatable bonds is 5. The first-order valence-corrected chi connectivity index (χ1v) is 8.79. The molecule has 0 aromatic heterocycles. The monoisotopic (exact) mass is 296 g/mol. The molecule has 4 heteroatoms. The smallest absolute Gasteiger partial charge is 0.228 e. The topological polar surface area (TPSA) is 32.8 Å². The van der Waals surface area contributed by atoms with Gasteiger partial charge in [0.15, 0.2) is 0 Å². The third kappa shape index (κ3) is 5.26. The molecule has 1 amide bonds. The quantitative estimate of drug-likeness (QED) is 0.781. The van der Waals surface area contributed by atoms with Gasteiger partial charge in [-0.2, -0.15) is 0 Å². The maximum atomic E-state index is 12.7. The minimum absolute atomic E-state index is 0.0882. The number of nitrogens with zero attached hydrogens (tertiary/aromatic N) is 2. The first-order chi connectivity index (χ1) is 10.2. The second-order valence-corrected chi connectivity index (χ2v) is 6.80. The van der Waals surface area contributed by atoms with Gasteiger partial charge in [0.25, 0.3) is 0 Å². The van der Waals surface area contributed by atoms with E-state index in [4.69, 9.17) is 4.74 Å². The lowest BCUT2D eigenvalue weighted by atomic mass is 10.00. The molecular weight excluding hydrogens is 264 g/mol. The van der Waals surface area contributed by atoms with Crippen LogP contribution in [0.25, 0.3) is 0 Å². The van der Waals surface area contributed by atoms with Crippen molar-refractivity contribution >= 4 is 5.91 Å². The Balaban J connectivity index is 1.84. The van der Waals surface area contributed by atoms with Gasteiger partial charge in [-0.05, 0) is 52.6 Å². The van der Waals surface area contributed by atoms with Gasteiger partial charge in [-0.25, -0.2) is 0 Å². The first kappa shape index (κ1) is 16.8. The standard InChI is InChI=1S/C17H32N2O2/c1-15(2)19(17(20)16-8-7-13-21-14-16)12-11-18-9-5-3-4-6-10-18/h15-16H,3-14H2,1-2H3. The molecule has 0 spiro atoms. The molecule has 2 fully saturated rings. The molecule has 1 atom stereocenters. The van der Waals surface area contributed by atoms with Crippen LogP contribution in [0.2, 0.25) is 0 Å². The summed E-state index contributed by atoms with van der Waals surface area (Å²) in [6, 6.07) is 0.284. The van der Waals surface area contributed by atoms with Crippen LogP contribution in [-0.2, 0) is 9.53 Å². The van der Waals surface area contributed by atoms with E-state index in [2.05, 4.69) is 23.6 Å². The Morgan fingerprint density at radius 3 is 2.48 bits per heavy atom. The fourth-order valence-corrected chi connectivity index (χ4v) is 3.40. The number of carbonyl (C=O) groups is 1. The van der Waals surface area contributed by atoms with Gasteiger partial charge >= 0.3 is 0 Å². The number of likely N-dealkylation sites (tertiary alicyclic amines) is 1. The zero-order valence-corrected chi connectivity index (χ0v) is 13.9. The van der Waals surface area contributed by atoms with Gasteiger partial charge < -0.3 is 14.5 Å². The van der Waals surface area contributed by atoms with Crippen molar-refractivity contribution < 1.29 is 9.53 Å². The van der Waals surface area contributed by atoms with Crippen molar-refractivity contribution in [2.45, 2.75) is 58.4 Å². The predicted octanol–water partition coefficient (Wildman–Crippen LogP) is 2.53. The molecule has 0 bridgehead atoms. The summed E-state index contributed by atoms with van der Waals surface area (Å²) < 4.78 is 5.49. The molecule has 2 rings (SSSR count). The van der Waals surface area contributed by atoms with E-state index in [-0.39, 0.29) is 12.0 Å². The SMILES string of the molecule is CC(C)N(CCN1CCCCCC1)C(=O)C1CCCOC1. The van der Waals surface area contributed by atoms with Crippen LogP contribution in [0.4, 0.5) is 0 Å². The van der Waals surface area contributed by atoms with Gasteiger partial charge in [-0.1, -0.05) is 12.8 Å². The summed E-state index contributed by atoms with van der Waals surface area (Å²) in [6.45, 7) is 9.99. The summed E-state index contributed by atoms with van der Waals surface area (Å²) in [7, 11) is 0. The number of carbonyl (C=O) groups excluding carboxylic acids is 1. The summed E-state index contributed by atoms with van der Waals surface area (Å²) in [5, 5.41) is 0. The Labute approximate surface area is 129 Å². The largest absolute Gasteiger partial charge is 0.381 e. The first-order valence-electron chi connectivity index (χ1n) is 8.79. The highest BCUT2D eigenvalue weighted by molar-refractivity contribution is 5.79. The molecule has 1 unspecified atom stereocenters. The Hall–Kier alpha value is -0.610. The van der Waals surface area contributed by atoms with Gasteiger partial charge in [0.05, 0.1) is 12.5 Å². The van der Waals surface area contributed by atoms with Gasteiger partial charge in [-0.15, -0.1) is 0 Å². The van der Waals surface area contributed by atoms with Crippen molar-refractivity contribution in [3.63, 3.8) is 0 Å². The van der Waals surface area contributed by atoms with Crippen molar-refractivity contribution in [3.8, 4) is 0 Å². The van der Waals surface area contributed by atoms with Crippen LogP contribution in [0.15, 0.2) is 0 Å². The van der Waals surface area contributed by atoms with Crippen molar-refractivity contribution in [2.75, 3.05) is 39.4 Å². The highest BCUT2D eigenvalue weighted by Gasteiger charge is 2.28. The van der Waals surface area contributed by atoms with Crippen LogP contribution in [0.3, 0.4) is 0 Å². The molecule has 21 heavy (non-hydrogen) atoms. The lowest BCUT2D eigenvalue weighted by Gasteiger charge is -2.34. The number of hydrogen-bond donors (Lipinski definition) is 0. The Bertz CT molecular complexity index is 306. The fraction of sp³-hybridized carbons (Fsp3) is 0.941. The highest BCUT2D eigenvalue weighted by atomic mass is 16.5. The summed E-state index contributed by atoms with van der Waals surface area (Å²) in [4.78, 5) is 17.3. The van der Waals surface area contributed by atoms with Crippen molar-refractivity contribution in [1.82, 2.24) is 9.80 Å². The molecule has 2 saturated heterocycles. The number of amides is 1. The van der Waals surface area contributed by atoms with Crippen molar-refractivity contribution in [1.29, 1.82) is 0 Å². The van der Waals surface area contributed by atoms with Gasteiger partial charge in [0, 0.05) is 25.7 Å². The van der Waals surface area contributed by atoms with E-state index in [9.17, 15) is 4.79 Å². The lowest BCUT2D eigenvalue weighted by molar-refractivity contribution is -0.141. The molecule has 2 aliphatic heterocycles. The minimum Gasteiger partial charge on any atom is -0.381 e. The van der Waals surface area contributed by atoms with Crippen LogP contribution in [0.1, 0.15) is 52.4 Å². The normalized spacial score (nSPS) is 24.8. The second kappa shape index (κ2) is 8.74. The Kier molecular flexibility index (Phi) is 6.97. The van der Waals surface area contributed by atoms with E-state index in [1.165, 1.54) is 38.8 Å². The molecule has 0 saturated carbocycles. The van der Waals surface area contributed by atoms with Crippen LogP contribution >= 0.6 is 0 Å². The van der Waals surface area contributed by atoms with E-state index in [0.717, 1.165) is 32.5 Å². The molecule has 4 nitrogen and oxygen atoms in total. The zero-order chi connectivity index (χ0) is 15.1. The highest BCUT2D eigenvalue weighted by Crippen LogP contribution is 2.18. The predicted molar refractivity (Wildman–Crippen MR) is 85.3 cm³/mol. The van der Waals surface area contributed by atoms with E-state index in [1.807, 2.05) is 0 Å². The summed E-state index contributed by atoms with van der Waals surface area (Å²) in [6.07, 6.45) is 7.36. The molecule has 0 N–H and O–H groups in total. The molecule has 0 aliphatic carbocycles. The second-order valence-electron chi connectivity index (χ2n) is 6.80. The van der Waals surface area contributed by atoms with Crippen LogP contribution in [0.5, 0.6) is 0 Å².